The Morgan fingerprint density at radius 2 is 1.72 bits per heavy atom. The molecule has 0 aliphatic heterocycles. The monoisotopic (exact) mass is 584 g/mol. The number of benzene rings is 3. The summed E-state index contributed by atoms with van der Waals surface area (Å²) in [7, 11) is 0. The van der Waals surface area contributed by atoms with E-state index in [2.05, 4.69) is 10.3 Å². The van der Waals surface area contributed by atoms with Crippen molar-refractivity contribution >= 4 is 12.1 Å². The normalized spacial score (nSPS) is 12.8. The number of amides is 1. The Bertz CT molecular complexity index is 1510. The summed E-state index contributed by atoms with van der Waals surface area (Å²) < 4.78 is 23.2. The van der Waals surface area contributed by atoms with Crippen molar-refractivity contribution in [3.05, 3.63) is 101 Å². The number of aliphatic carboxylic acids is 1. The van der Waals surface area contributed by atoms with Crippen molar-refractivity contribution in [2.75, 3.05) is 6.61 Å². The van der Waals surface area contributed by atoms with E-state index in [9.17, 15) is 9.59 Å². The average molecular weight is 585 g/mol. The van der Waals surface area contributed by atoms with Crippen LogP contribution in [0.25, 0.3) is 11.5 Å². The molecule has 1 heterocycles. The molecule has 0 radical (unpaired) electrons. The maximum absolute atomic E-state index is 12.2. The SMILES string of the molecule is Cc1oc(-c2ccc(OCc3ccccc3)cc2)nc1CCOc1ccc(CCC(=O)O)c(CNC(=O)OC2CCC2)c1. The number of ether oxygens (including phenoxy) is 3. The van der Waals surface area contributed by atoms with Gasteiger partial charge in [-0.15, -0.1) is 0 Å². The van der Waals surface area contributed by atoms with Crippen molar-refractivity contribution in [2.24, 2.45) is 0 Å². The Kier molecular flexibility index (Phi) is 9.94. The van der Waals surface area contributed by atoms with E-state index in [1.807, 2.05) is 79.7 Å². The molecule has 5 rings (SSSR count). The molecular formula is C34H36N2O7. The second kappa shape index (κ2) is 14.4. The van der Waals surface area contributed by atoms with Gasteiger partial charge in [-0.05, 0) is 85.7 Å². The van der Waals surface area contributed by atoms with Gasteiger partial charge in [-0.25, -0.2) is 9.78 Å². The van der Waals surface area contributed by atoms with Gasteiger partial charge in [0, 0.05) is 24.9 Å². The molecule has 4 aromatic rings. The molecule has 0 unspecified atom stereocenters. The summed E-state index contributed by atoms with van der Waals surface area (Å²) >= 11 is 0. The van der Waals surface area contributed by atoms with Crippen LogP contribution in [0.5, 0.6) is 11.5 Å². The zero-order valence-electron chi connectivity index (χ0n) is 24.2. The minimum absolute atomic E-state index is 0.00304. The van der Waals surface area contributed by atoms with Gasteiger partial charge in [0.15, 0.2) is 0 Å². The standard InChI is InChI=1S/C34H36N2O7/c1-23-31(36-33(42-23)26-11-14-28(15-12-26)41-22-24-6-3-2-4-7-24)18-19-40-30-16-10-25(13-17-32(37)38)27(20-30)21-35-34(39)43-29-8-5-9-29/h2-4,6-7,10-12,14-16,20,29H,5,8-9,13,17-19,21-22H2,1H3,(H,35,39)(H,37,38). The maximum Gasteiger partial charge on any atom is 0.407 e. The van der Waals surface area contributed by atoms with E-state index < -0.39 is 12.1 Å². The molecule has 1 aromatic heterocycles. The minimum Gasteiger partial charge on any atom is -0.493 e. The highest BCUT2D eigenvalue weighted by atomic mass is 16.6. The van der Waals surface area contributed by atoms with Gasteiger partial charge in [0.05, 0.1) is 12.3 Å². The first-order valence-corrected chi connectivity index (χ1v) is 14.6. The van der Waals surface area contributed by atoms with Crippen LogP contribution in [-0.4, -0.2) is 34.9 Å². The van der Waals surface area contributed by atoms with Gasteiger partial charge < -0.3 is 29.1 Å². The predicted molar refractivity (Wildman–Crippen MR) is 160 cm³/mol. The average Bonchev–Trinajstić information content (AvgIpc) is 3.37. The zero-order chi connectivity index (χ0) is 30.0. The van der Waals surface area contributed by atoms with Crippen molar-refractivity contribution < 1.29 is 33.3 Å². The van der Waals surface area contributed by atoms with E-state index in [0.29, 0.717) is 37.7 Å². The topological polar surface area (TPSA) is 120 Å². The minimum atomic E-state index is -0.877. The van der Waals surface area contributed by atoms with E-state index in [4.69, 9.17) is 23.7 Å². The van der Waals surface area contributed by atoms with Gasteiger partial charge in [0.25, 0.3) is 0 Å². The number of nitrogens with one attached hydrogen (secondary N) is 1. The number of oxazole rings is 1. The van der Waals surface area contributed by atoms with E-state index in [0.717, 1.165) is 58.7 Å². The molecule has 1 aliphatic carbocycles. The molecule has 9 nitrogen and oxygen atoms in total. The maximum atomic E-state index is 12.2. The Morgan fingerprint density at radius 3 is 2.44 bits per heavy atom. The van der Waals surface area contributed by atoms with Crippen molar-refractivity contribution in [1.29, 1.82) is 0 Å². The van der Waals surface area contributed by atoms with E-state index in [-0.39, 0.29) is 19.1 Å². The van der Waals surface area contributed by atoms with Gasteiger partial charge >= 0.3 is 12.1 Å². The molecule has 3 aromatic carbocycles. The Morgan fingerprint density at radius 1 is 0.953 bits per heavy atom. The molecule has 1 fully saturated rings. The lowest BCUT2D eigenvalue weighted by Gasteiger charge is -2.25. The molecule has 224 valence electrons. The van der Waals surface area contributed by atoms with Gasteiger partial charge in [-0.2, -0.15) is 0 Å². The summed E-state index contributed by atoms with van der Waals surface area (Å²) in [5, 5.41) is 11.9. The molecule has 43 heavy (non-hydrogen) atoms. The van der Waals surface area contributed by atoms with Gasteiger partial charge in [-0.3, -0.25) is 4.79 Å². The summed E-state index contributed by atoms with van der Waals surface area (Å²) in [5.74, 6) is 1.77. The lowest BCUT2D eigenvalue weighted by molar-refractivity contribution is -0.136. The number of hydrogen-bond donors (Lipinski definition) is 2. The van der Waals surface area contributed by atoms with E-state index in [1.54, 1.807) is 0 Å². The lowest BCUT2D eigenvalue weighted by Crippen LogP contribution is -2.32. The van der Waals surface area contributed by atoms with E-state index in [1.165, 1.54) is 0 Å². The van der Waals surface area contributed by atoms with Crippen LogP contribution in [0.4, 0.5) is 4.79 Å². The Hall–Kier alpha value is -4.79. The highest BCUT2D eigenvalue weighted by molar-refractivity contribution is 5.68. The van der Waals surface area contributed by atoms with Crippen molar-refractivity contribution in [2.45, 2.75) is 64.7 Å². The van der Waals surface area contributed by atoms with Gasteiger partial charge in [0.2, 0.25) is 5.89 Å². The predicted octanol–water partition coefficient (Wildman–Crippen LogP) is 6.65. The second-order valence-corrected chi connectivity index (χ2v) is 10.6. The fourth-order valence-corrected chi connectivity index (χ4v) is 4.67. The Balaban J connectivity index is 1.15. The highest BCUT2D eigenvalue weighted by Gasteiger charge is 2.21. The number of nitrogens with zero attached hydrogens (tertiary/aromatic N) is 1. The van der Waals surface area contributed by atoms with Crippen LogP contribution in [0.1, 0.15) is 53.8 Å². The van der Waals surface area contributed by atoms with Crippen LogP contribution in [0, 0.1) is 6.92 Å². The second-order valence-electron chi connectivity index (χ2n) is 10.6. The number of carbonyl (C=O) groups is 2. The Labute approximate surface area is 250 Å². The molecule has 1 aliphatic rings. The number of carbonyl (C=O) groups excluding carboxylic acids is 1. The first-order chi connectivity index (χ1) is 20.9. The molecule has 1 saturated carbocycles. The molecule has 0 spiro atoms. The number of aryl methyl sites for hydroxylation is 2. The largest absolute Gasteiger partial charge is 0.493 e. The molecule has 9 heteroatoms. The lowest BCUT2D eigenvalue weighted by atomic mass is 9.96. The molecular weight excluding hydrogens is 548 g/mol. The molecule has 0 bridgehead atoms. The van der Waals surface area contributed by atoms with Crippen molar-refractivity contribution in [1.82, 2.24) is 10.3 Å². The van der Waals surface area contributed by atoms with Gasteiger partial charge in [-0.1, -0.05) is 36.4 Å². The van der Waals surface area contributed by atoms with Crippen molar-refractivity contribution in [3.63, 3.8) is 0 Å². The summed E-state index contributed by atoms with van der Waals surface area (Å²) in [6.45, 7) is 2.97. The highest BCUT2D eigenvalue weighted by Crippen LogP contribution is 2.26. The fourth-order valence-electron chi connectivity index (χ4n) is 4.67. The van der Waals surface area contributed by atoms with Crippen LogP contribution >= 0.6 is 0 Å². The number of alkyl carbamates (subject to hydrolysis) is 1. The number of aromatic nitrogens is 1. The third-order valence-corrected chi connectivity index (χ3v) is 7.38. The van der Waals surface area contributed by atoms with E-state index >= 15 is 0 Å². The van der Waals surface area contributed by atoms with Gasteiger partial charge in [0.1, 0.15) is 30.0 Å². The van der Waals surface area contributed by atoms with Crippen LogP contribution in [0.15, 0.2) is 77.2 Å². The summed E-state index contributed by atoms with van der Waals surface area (Å²) in [6.07, 6.45) is 3.27. The summed E-state index contributed by atoms with van der Waals surface area (Å²) in [4.78, 5) is 28.0. The summed E-state index contributed by atoms with van der Waals surface area (Å²) in [6, 6.07) is 23.2. The zero-order valence-corrected chi connectivity index (χ0v) is 24.2. The number of rotatable bonds is 14. The third-order valence-electron chi connectivity index (χ3n) is 7.38. The first-order valence-electron chi connectivity index (χ1n) is 14.6. The first kappa shape index (κ1) is 29.7. The molecule has 0 saturated heterocycles. The van der Waals surface area contributed by atoms with Crippen LogP contribution in [0.3, 0.4) is 0 Å². The van der Waals surface area contributed by atoms with Crippen LogP contribution in [-0.2, 0) is 35.5 Å². The van der Waals surface area contributed by atoms with Crippen LogP contribution in [0.2, 0.25) is 0 Å². The summed E-state index contributed by atoms with van der Waals surface area (Å²) in [5.41, 5.74) is 4.39. The molecule has 0 atom stereocenters. The third kappa shape index (κ3) is 8.61. The number of carboxylic acid groups (broad SMARTS) is 1. The number of hydrogen-bond acceptors (Lipinski definition) is 7. The number of carboxylic acids is 1. The van der Waals surface area contributed by atoms with Crippen LogP contribution < -0.4 is 14.8 Å². The fraction of sp³-hybridized carbons (Fsp3) is 0.324. The molecule has 1 amide bonds. The quantitative estimate of drug-likeness (QED) is 0.169. The smallest absolute Gasteiger partial charge is 0.407 e. The molecule has 2 N–H and O–H groups in total. The van der Waals surface area contributed by atoms with Crippen molar-refractivity contribution in [3.8, 4) is 23.0 Å².